The van der Waals surface area contributed by atoms with E-state index in [0.29, 0.717) is 18.7 Å². The smallest absolute Gasteiger partial charge is 0.422 e. The van der Waals surface area contributed by atoms with E-state index in [9.17, 15) is 18.0 Å². The molecule has 1 aromatic rings. The molecule has 144 valence electrons. The largest absolute Gasteiger partial charge is 0.468 e. The van der Waals surface area contributed by atoms with Crippen molar-refractivity contribution in [1.29, 1.82) is 0 Å². The molecule has 2 heterocycles. The predicted molar refractivity (Wildman–Crippen MR) is 89.3 cm³/mol. The summed E-state index contributed by atoms with van der Waals surface area (Å²) in [5.74, 6) is -0.436. The van der Waals surface area contributed by atoms with Crippen molar-refractivity contribution < 1.29 is 27.4 Å². The second-order valence-electron chi connectivity index (χ2n) is 5.10. The van der Waals surface area contributed by atoms with E-state index in [4.69, 9.17) is 4.74 Å². The number of rotatable bonds is 5. The lowest BCUT2D eigenvalue weighted by Crippen LogP contribution is -2.55. The van der Waals surface area contributed by atoms with Gasteiger partial charge in [-0.05, 0) is 13.0 Å². The standard InChI is InChI=1S/C14H18F3N3O3.2ClH/c1-9-11(18-5-6-22-9)12(21)20-7-10-3-2-4-19-13(10)23-8-14(15,16)17;;/h2-4,9,11,18H,5-8H2,1H3,(H,20,21);2*1H/t9-,11+;;/m1../s1. The summed E-state index contributed by atoms with van der Waals surface area (Å²) in [4.78, 5) is 15.9. The minimum atomic E-state index is -4.45. The van der Waals surface area contributed by atoms with Crippen molar-refractivity contribution in [1.82, 2.24) is 15.6 Å². The number of carbonyl (C=O) groups excluding carboxylic acids is 1. The molecule has 2 atom stereocenters. The summed E-state index contributed by atoms with van der Waals surface area (Å²) >= 11 is 0. The van der Waals surface area contributed by atoms with Gasteiger partial charge in [-0.1, -0.05) is 6.07 Å². The Hall–Kier alpha value is -1.29. The molecule has 0 radical (unpaired) electrons. The first-order valence-corrected chi connectivity index (χ1v) is 7.13. The van der Waals surface area contributed by atoms with Gasteiger partial charge in [-0.25, -0.2) is 4.98 Å². The third kappa shape index (κ3) is 7.64. The third-order valence-corrected chi connectivity index (χ3v) is 3.27. The van der Waals surface area contributed by atoms with Crippen LogP contribution in [-0.2, 0) is 16.1 Å². The number of hydrogen-bond donors (Lipinski definition) is 2. The highest BCUT2D eigenvalue weighted by molar-refractivity contribution is 5.85. The maximum atomic E-state index is 12.2. The lowest BCUT2D eigenvalue weighted by molar-refractivity contribution is -0.154. The number of hydrogen-bond acceptors (Lipinski definition) is 5. The van der Waals surface area contributed by atoms with Crippen LogP contribution in [0.25, 0.3) is 0 Å². The first-order valence-electron chi connectivity index (χ1n) is 7.13. The normalized spacial score (nSPS) is 20.0. The number of halogens is 5. The summed E-state index contributed by atoms with van der Waals surface area (Å²) in [5, 5.41) is 5.69. The second kappa shape index (κ2) is 10.6. The van der Waals surface area contributed by atoms with Crippen LogP contribution in [0.4, 0.5) is 13.2 Å². The fraction of sp³-hybridized carbons (Fsp3) is 0.571. The highest BCUT2D eigenvalue weighted by Gasteiger charge is 2.30. The van der Waals surface area contributed by atoms with Gasteiger partial charge in [0.25, 0.3) is 0 Å². The Labute approximate surface area is 155 Å². The molecule has 0 spiro atoms. The minimum Gasteiger partial charge on any atom is -0.468 e. The summed E-state index contributed by atoms with van der Waals surface area (Å²) < 4.78 is 46.7. The van der Waals surface area contributed by atoms with Gasteiger partial charge < -0.3 is 20.1 Å². The maximum absolute atomic E-state index is 12.2. The molecule has 1 fully saturated rings. The molecule has 0 aromatic carbocycles. The van der Waals surface area contributed by atoms with Crippen molar-refractivity contribution in [2.45, 2.75) is 31.8 Å². The molecule has 1 aliphatic rings. The monoisotopic (exact) mass is 405 g/mol. The van der Waals surface area contributed by atoms with Gasteiger partial charge in [0.1, 0.15) is 6.04 Å². The highest BCUT2D eigenvalue weighted by Crippen LogP contribution is 2.20. The van der Waals surface area contributed by atoms with Gasteiger partial charge in [-0.3, -0.25) is 4.79 Å². The Bertz CT molecular complexity index is 550. The number of carbonyl (C=O) groups is 1. The van der Waals surface area contributed by atoms with Crippen LogP contribution >= 0.6 is 24.8 Å². The number of aromatic nitrogens is 1. The average molecular weight is 406 g/mol. The molecular weight excluding hydrogens is 386 g/mol. The van der Waals surface area contributed by atoms with Crippen LogP contribution in [0.5, 0.6) is 5.88 Å². The van der Waals surface area contributed by atoms with Crippen LogP contribution in [0.3, 0.4) is 0 Å². The number of nitrogens with zero attached hydrogens (tertiary/aromatic N) is 1. The molecule has 2 rings (SSSR count). The molecule has 2 N–H and O–H groups in total. The second-order valence-corrected chi connectivity index (χ2v) is 5.10. The predicted octanol–water partition coefficient (Wildman–Crippen LogP) is 1.86. The van der Waals surface area contributed by atoms with E-state index in [1.807, 2.05) is 0 Å². The van der Waals surface area contributed by atoms with Crippen LogP contribution < -0.4 is 15.4 Å². The SMILES string of the molecule is C[C@H]1OCCN[C@@H]1C(=O)NCc1cccnc1OCC(F)(F)F.Cl.Cl. The molecule has 1 amide bonds. The summed E-state index contributed by atoms with van der Waals surface area (Å²) in [6.07, 6.45) is -3.40. The van der Waals surface area contributed by atoms with E-state index in [1.54, 1.807) is 19.1 Å². The number of ether oxygens (including phenoxy) is 2. The zero-order chi connectivity index (χ0) is 16.9. The highest BCUT2D eigenvalue weighted by atomic mass is 35.5. The Morgan fingerprint density at radius 1 is 1.48 bits per heavy atom. The summed E-state index contributed by atoms with van der Waals surface area (Å²) in [6, 6.07) is 2.61. The van der Waals surface area contributed by atoms with Crippen molar-refractivity contribution >= 4 is 30.7 Å². The lowest BCUT2D eigenvalue weighted by Gasteiger charge is -2.29. The fourth-order valence-electron chi connectivity index (χ4n) is 2.16. The van der Waals surface area contributed by atoms with Gasteiger partial charge in [0.05, 0.1) is 12.7 Å². The Balaban J connectivity index is 0.00000288. The number of alkyl halides is 3. The van der Waals surface area contributed by atoms with E-state index in [0.717, 1.165) is 0 Å². The fourth-order valence-corrected chi connectivity index (χ4v) is 2.16. The molecule has 0 bridgehead atoms. The van der Waals surface area contributed by atoms with Gasteiger partial charge in [0.15, 0.2) is 6.61 Å². The van der Waals surface area contributed by atoms with Gasteiger partial charge in [0.2, 0.25) is 11.8 Å². The van der Waals surface area contributed by atoms with Gasteiger partial charge in [-0.2, -0.15) is 13.2 Å². The van der Waals surface area contributed by atoms with Crippen molar-refractivity contribution in [3.05, 3.63) is 23.9 Å². The molecular formula is C14H20Cl2F3N3O3. The Morgan fingerprint density at radius 2 is 2.20 bits per heavy atom. The molecule has 25 heavy (non-hydrogen) atoms. The van der Waals surface area contributed by atoms with Gasteiger partial charge >= 0.3 is 6.18 Å². The van der Waals surface area contributed by atoms with Crippen LogP contribution in [0.2, 0.25) is 0 Å². The Morgan fingerprint density at radius 3 is 2.84 bits per heavy atom. The van der Waals surface area contributed by atoms with Crippen molar-refractivity contribution in [2.75, 3.05) is 19.8 Å². The Kier molecular flexibility index (Phi) is 10.1. The van der Waals surface area contributed by atoms with E-state index in [-0.39, 0.29) is 49.2 Å². The van der Waals surface area contributed by atoms with Crippen LogP contribution in [0.1, 0.15) is 12.5 Å². The van der Waals surface area contributed by atoms with Crippen molar-refractivity contribution in [3.63, 3.8) is 0 Å². The van der Waals surface area contributed by atoms with Crippen LogP contribution in [-0.4, -0.2) is 49.0 Å². The van der Waals surface area contributed by atoms with Crippen molar-refractivity contribution in [3.8, 4) is 5.88 Å². The van der Waals surface area contributed by atoms with E-state index >= 15 is 0 Å². The summed E-state index contributed by atoms with van der Waals surface area (Å²) in [5.41, 5.74) is 0.370. The first kappa shape index (κ1) is 23.7. The lowest BCUT2D eigenvalue weighted by atomic mass is 10.1. The molecule has 0 saturated carbocycles. The first-order chi connectivity index (χ1) is 10.9. The van der Waals surface area contributed by atoms with Crippen LogP contribution in [0.15, 0.2) is 18.3 Å². The maximum Gasteiger partial charge on any atom is 0.422 e. The summed E-state index contributed by atoms with van der Waals surface area (Å²) in [6.45, 7) is 1.46. The quantitative estimate of drug-likeness (QED) is 0.781. The summed E-state index contributed by atoms with van der Waals surface area (Å²) in [7, 11) is 0. The molecule has 6 nitrogen and oxygen atoms in total. The van der Waals surface area contributed by atoms with Crippen molar-refractivity contribution in [2.24, 2.45) is 0 Å². The molecule has 11 heteroatoms. The number of pyridine rings is 1. The average Bonchev–Trinajstić information content (AvgIpc) is 2.51. The molecule has 0 unspecified atom stereocenters. The minimum absolute atomic E-state index is 0. The molecule has 0 aliphatic carbocycles. The number of nitrogens with one attached hydrogen (secondary N) is 2. The zero-order valence-corrected chi connectivity index (χ0v) is 15.0. The van der Waals surface area contributed by atoms with E-state index in [2.05, 4.69) is 20.4 Å². The van der Waals surface area contributed by atoms with Gasteiger partial charge in [-0.15, -0.1) is 24.8 Å². The molecule has 1 saturated heterocycles. The molecule has 1 aliphatic heterocycles. The zero-order valence-electron chi connectivity index (χ0n) is 13.3. The third-order valence-electron chi connectivity index (χ3n) is 3.27. The number of morpholine rings is 1. The topological polar surface area (TPSA) is 72.5 Å². The van der Waals surface area contributed by atoms with E-state index in [1.165, 1.54) is 6.20 Å². The van der Waals surface area contributed by atoms with Gasteiger partial charge in [0, 0.05) is 24.8 Å². The van der Waals surface area contributed by atoms with E-state index < -0.39 is 18.8 Å². The molecule has 1 aromatic heterocycles. The van der Waals surface area contributed by atoms with Crippen LogP contribution in [0, 0.1) is 0 Å². The number of amides is 1.